The highest BCUT2D eigenvalue weighted by molar-refractivity contribution is 7.11. The molecule has 0 radical (unpaired) electrons. The van der Waals surface area contributed by atoms with Gasteiger partial charge in [0, 0.05) is 26.1 Å². The first-order chi connectivity index (χ1) is 12.8. The number of aryl methyl sites for hydroxylation is 1. The molecule has 3 aromatic rings. The van der Waals surface area contributed by atoms with Crippen molar-refractivity contribution in [2.45, 2.75) is 32.9 Å². The van der Waals surface area contributed by atoms with Crippen LogP contribution in [0.15, 0.2) is 41.3 Å². The number of benzene rings is 1. The van der Waals surface area contributed by atoms with Crippen molar-refractivity contribution in [3.8, 4) is 0 Å². The van der Waals surface area contributed by atoms with Gasteiger partial charge in [-0.15, -0.1) is 0 Å². The number of hydrogen-bond donors (Lipinski definition) is 3. The Kier molecular flexibility index (Phi) is 5.19. The van der Waals surface area contributed by atoms with Gasteiger partial charge in [-0.05, 0) is 12.5 Å². The third kappa shape index (κ3) is 3.75. The monoisotopic (exact) mass is 374 g/mol. The minimum Gasteiger partial charge on any atom is -0.396 e. The van der Waals surface area contributed by atoms with E-state index in [2.05, 4.69) is 9.97 Å². The van der Waals surface area contributed by atoms with Crippen molar-refractivity contribution in [1.29, 1.82) is 0 Å². The van der Waals surface area contributed by atoms with Crippen LogP contribution in [0.5, 0.6) is 0 Å². The van der Waals surface area contributed by atoms with Crippen LogP contribution >= 0.6 is 11.3 Å². The number of nitrogens with zero attached hydrogens (tertiary/aromatic N) is 2. The van der Waals surface area contributed by atoms with Gasteiger partial charge in [0.15, 0.2) is 18.3 Å². The summed E-state index contributed by atoms with van der Waals surface area (Å²) in [6.45, 7) is 3.72. The van der Waals surface area contributed by atoms with Crippen molar-refractivity contribution in [3.63, 3.8) is 0 Å². The molecular formula is C19H22N3O3S+. The Hall–Kier alpha value is -2.35. The molecule has 6 nitrogen and oxygen atoms in total. The lowest BCUT2D eigenvalue weighted by atomic mass is 10.1. The molecule has 1 unspecified atom stereocenters. The molecule has 0 fully saturated rings. The SMILES string of the molecule is [3H]C(O)(c1ccccc1)c1sc(CCO)c(C)[n+]1Cc1cnc(C)[nH]c1=O. The minimum atomic E-state index is -1.98. The second kappa shape index (κ2) is 7.90. The molecule has 7 heteroatoms. The lowest BCUT2D eigenvalue weighted by Crippen LogP contribution is -2.42. The van der Waals surface area contributed by atoms with Crippen molar-refractivity contribution in [2.75, 3.05) is 6.61 Å². The number of nitrogens with one attached hydrogen (secondary N) is 1. The average molecular weight is 374 g/mol. The van der Waals surface area contributed by atoms with Crippen LogP contribution in [-0.4, -0.2) is 26.8 Å². The molecule has 0 aliphatic rings. The molecule has 2 aromatic heterocycles. The summed E-state index contributed by atoms with van der Waals surface area (Å²) in [7, 11) is 0. The quantitative estimate of drug-likeness (QED) is 0.569. The molecule has 0 spiro atoms. The number of aliphatic hydroxyl groups is 2. The van der Waals surface area contributed by atoms with E-state index in [4.69, 9.17) is 1.37 Å². The van der Waals surface area contributed by atoms with Gasteiger partial charge in [-0.2, -0.15) is 4.57 Å². The summed E-state index contributed by atoms with van der Waals surface area (Å²) in [5, 5.41) is 20.8. The van der Waals surface area contributed by atoms with Gasteiger partial charge in [0.25, 0.3) is 10.6 Å². The zero-order valence-electron chi connectivity index (χ0n) is 15.7. The lowest BCUT2D eigenvalue weighted by Gasteiger charge is -2.07. The zero-order chi connectivity index (χ0) is 19.6. The van der Waals surface area contributed by atoms with Gasteiger partial charge in [0.05, 0.1) is 6.25 Å². The molecule has 1 aromatic carbocycles. The van der Waals surface area contributed by atoms with E-state index in [9.17, 15) is 15.0 Å². The summed E-state index contributed by atoms with van der Waals surface area (Å²) >= 11 is 1.27. The van der Waals surface area contributed by atoms with E-state index in [0.29, 0.717) is 28.4 Å². The molecule has 136 valence electrons. The molecule has 0 aliphatic heterocycles. The normalized spacial score (nSPS) is 14.1. The maximum Gasteiger partial charge on any atom is 0.271 e. The van der Waals surface area contributed by atoms with Crippen LogP contribution < -0.4 is 10.1 Å². The summed E-state index contributed by atoms with van der Waals surface area (Å²) in [4.78, 5) is 19.9. The van der Waals surface area contributed by atoms with Crippen molar-refractivity contribution < 1.29 is 16.2 Å². The van der Waals surface area contributed by atoms with Gasteiger partial charge in [0.1, 0.15) is 11.4 Å². The molecule has 0 amide bonds. The van der Waals surface area contributed by atoms with Crippen LogP contribution in [0.4, 0.5) is 0 Å². The Labute approximate surface area is 156 Å². The van der Waals surface area contributed by atoms with Crippen molar-refractivity contribution in [3.05, 3.63) is 79.4 Å². The number of thiazole rings is 1. The molecule has 0 saturated heterocycles. The first-order valence-electron chi connectivity index (χ1n) is 8.80. The van der Waals surface area contributed by atoms with Crippen LogP contribution in [0.1, 0.15) is 40.0 Å². The van der Waals surface area contributed by atoms with Gasteiger partial charge < -0.3 is 15.2 Å². The molecule has 0 aliphatic carbocycles. The summed E-state index contributed by atoms with van der Waals surface area (Å²) in [5.74, 6) is 0.526. The molecular weight excluding hydrogens is 350 g/mol. The van der Waals surface area contributed by atoms with E-state index in [0.717, 1.165) is 10.6 Å². The largest absolute Gasteiger partial charge is 0.396 e. The Morgan fingerprint density at radius 1 is 1.35 bits per heavy atom. The van der Waals surface area contributed by atoms with Crippen LogP contribution in [0.2, 0.25) is 0 Å². The molecule has 3 N–H and O–H groups in total. The number of aromatic nitrogens is 3. The van der Waals surface area contributed by atoms with Crippen molar-refractivity contribution >= 4 is 11.3 Å². The van der Waals surface area contributed by atoms with Crippen LogP contribution in [0, 0.1) is 13.8 Å². The lowest BCUT2D eigenvalue weighted by molar-refractivity contribution is -0.699. The fraction of sp³-hybridized carbons (Fsp3) is 0.316. The smallest absolute Gasteiger partial charge is 0.271 e. The number of aliphatic hydroxyl groups excluding tert-OH is 1. The Morgan fingerprint density at radius 3 is 2.73 bits per heavy atom. The second-order valence-corrected chi connectivity index (χ2v) is 7.10. The fourth-order valence-corrected chi connectivity index (χ4v) is 3.97. The van der Waals surface area contributed by atoms with Gasteiger partial charge in [-0.25, -0.2) is 4.98 Å². The fourth-order valence-electron chi connectivity index (χ4n) is 2.76. The predicted octanol–water partition coefficient (Wildman–Crippen LogP) is 1.40. The first-order valence-corrected chi connectivity index (χ1v) is 9.12. The maximum absolute atomic E-state index is 12.3. The van der Waals surface area contributed by atoms with Crippen molar-refractivity contribution in [2.24, 2.45) is 0 Å². The first kappa shape index (κ1) is 17.1. The number of hydrogen-bond acceptors (Lipinski definition) is 5. The number of rotatable bonds is 6. The summed E-state index contributed by atoms with van der Waals surface area (Å²) in [6.07, 6.45) is -0.0432. The third-order valence-corrected chi connectivity index (χ3v) is 5.54. The second-order valence-electron chi connectivity index (χ2n) is 6.01. The zero-order valence-corrected chi connectivity index (χ0v) is 15.5. The standard InChI is InChI=1S/C19H21N3O3S/c1-12-16(8-9-23)26-19(17(24)14-6-4-3-5-7-14)22(12)11-15-10-20-13(2)21-18(15)25/h3-7,10,17,23-24H,8-9,11H2,1-2H3/p+1/i17T. The van der Waals surface area contributed by atoms with Crippen LogP contribution in [-0.2, 0) is 13.0 Å². The predicted molar refractivity (Wildman–Crippen MR) is 99.2 cm³/mol. The van der Waals surface area contributed by atoms with E-state index in [1.54, 1.807) is 35.8 Å². The van der Waals surface area contributed by atoms with E-state index in [1.807, 2.05) is 13.0 Å². The Bertz CT molecular complexity index is 999. The molecule has 3 rings (SSSR count). The highest BCUT2D eigenvalue weighted by Gasteiger charge is 2.30. The Morgan fingerprint density at radius 2 is 2.08 bits per heavy atom. The van der Waals surface area contributed by atoms with Crippen molar-refractivity contribution in [1.82, 2.24) is 9.97 Å². The third-order valence-electron chi connectivity index (χ3n) is 4.19. The number of aromatic amines is 1. The van der Waals surface area contributed by atoms with Gasteiger partial charge in [-0.1, -0.05) is 41.7 Å². The van der Waals surface area contributed by atoms with Crippen LogP contribution in [0.3, 0.4) is 0 Å². The van der Waals surface area contributed by atoms with E-state index in [1.165, 1.54) is 17.5 Å². The van der Waals surface area contributed by atoms with Gasteiger partial charge >= 0.3 is 0 Å². The summed E-state index contributed by atoms with van der Waals surface area (Å²) in [5.41, 5.74) is 1.44. The molecule has 0 saturated carbocycles. The number of H-pyrrole nitrogens is 1. The molecule has 1 atom stereocenters. The molecule has 2 heterocycles. The van der Waals surface area contributed by atoms with E-state index < -0.39 is 6.08 Å². The molecule has 26 heavy (non-hydrogen) atoms. The molecule has 0 bridgehead atoms. The van der Waals surface area contributed by atoms with E-state index in [-0.39, 0.29) is 18.7 Å². The summed E-state index contributed by atoms with van der Waals surface area (Å²) in [6, 6.07) is 8.74. The highest BCUT2D eigenvalue weighted by atomic mass is 32.1. The minimum absolute atomic E-state index is 0.0325. The maximum atomic E-state index is 12.3. The summed E-state index contributed by atoms with van der Waals surface area (Å²) < 4.78 is 10.4. The highest BCUT2D eigenvalue weighted by Crippen LogP contribution is 2.27. The Balaban J connectivity index is 2.13. The average Bonchev–Trinajstić information content (AvgIpc) is 2.95. The van der Waals surface area contributed by atoms with Gasteiger partial charge in [0.2, 0.25) is 0 Å². The van der Waals surface area contributed by atoms with Gasteiger partial charge in [-0.3, -0.25) is 4.79 Å². The topological polar surface area (TPSA) is 90.1 Å². The van der Waals surface area contributed by atoms with E-state index >= 15 is 0 Å². The van der Waals surface area contributed by atoms with Crippen LogP contribution in [0.25, 0.3) is 0 Å².